The molecule has 0 atom stereocenters. The number of hydrogen-bond donors (Lipinski definition) is 0. The Kier molecular flexibility index (Phi) is 9.21. The van der Waals surface area contributed by atoms with Crippen LogP contribution in [0.2, 0.25) is 0 Å². The minimum Gasteiger partial charge on any atom is -0.456 e. The molecular formula is C28H38N2O3. The number of rotatable bonds is 14. The molecule has 1 aromatic heterocycles. The minimum absolute atomic E-state index is 0.147. The van der Waals surface area contributed by atoms with Crippen molar-refractivity contribution in [3.8, 4) is 0 Å². The Labute approximate surface area is 197 Å². The van der Waals surface area contributed by atoms with Gasteiger partial charge in [-0.2, -0.15) is 0 Å². The van der Waals surface area contributed by atoms with Gasteiger partial charge in [-0.3, -0.25) is 9.59 Å². The zero-order valence-corrected chi connectivity index (χ0v) is 20.7. The third kappa shape index (κ3) is 6.30. The first kappa shape index (κ1) is 25.1. The van der Waals surface area contributed by atoms with E-state index in [1.807, 2.05) is 36.4 Å². The number of fused-ring (bicyclic) bond motifs is 3. The molecule has 0 fully saturated rings. The molecule has 0 N–H and O–H groups in total. The summed E-state index contributed by atoms with van der Waals surface area (Å²) in [5, 5.41) is 1.95. The highest BCUT2D eigenvalue weighted by Gasteiger charge is 2.14. The van der Waals surface area contributed by atoms with Crippen LogP contribution in [0.5, 0.6) is 0 Å². The van der Waals surface area contributed by atoms with Crippen LogP contribution in [0.4, 0.5) is 0 Å². The number of nitrogens with zero attached hydrogens (tertiary/aromatic N) is 2. The number of hydrogen-bond acceptors (Lipinski definition) is 5. The summed E-state index contributed by atoms with van der Waals surface area (Å²) in [5.74, 6) is 0.294. The van der Waals surface area contributed by atoms with Gasteiger partial charge in [0.2, 0.25) is 0 Å². The summed E-state index contributed by atoms with van der Waals surface area (Å²) in [6, 6.07) is 11.4. The molecule has 0 bridgehead atoms. The van der Waals surface area contributed by atoms with Crippen LogP contribution in [-0.4, -0.2) is 60.6 Å². The largest absolute Gasteiger partial charge is 0.456 e. The van der Waals surface area contributed by atoms with Gasteiger partial charge in [0.25, 0.3) is 0 Å². The van der Waals surface area contributed by atoms with E-state index < -0.39 is 0 Å². The van der Waals surface area contributed by atoms with Gasteiger partial charge in [-0.25, -0.2) is 0 Å². The first-order chi connectivity index (χ1) is 16.0. The molecule has 5 heteroatoms. The molecule has 33 heavy (non-hydrogen) atoms. The Bertz CT molecular complexity index is 993. The molecule has 1 heterocycles. The van der Waals surface area contributed by atoms with Crippen molar-refractivity contribution in [3.63, 3.8) is 0 Å². The Morgan fingerprint density at radius 3 is 1.42 bits per heavy atom. The van der Waals surface area contributed by atoms with Crippen LogP contribution in [0.3, 0.4) is 0 Å². The Morgan fingerprint density at radius 2 is 1.06 bits per heavy atom. The maximum atomic E-state index is 12.7. The van der Waals surface area contributed by atoms with Crippen LogP contribution >= 0.6 is 0 Å². The van der Waals surface area contributed by atoms with Gasteiger partial charge in [0.1, 0.15) is 11.2 Å². The van der Waals surface area contributed by atoms with Crippen molar-refractivity contribution in [2.75, 3.05) is 39.3 Å². The predicted molar refractivity (Wildman–Crippen MR) is 136 cm³/mol. The fraction of sp³-hybridized carbons (Fsp3) is 0.500. The van der Waals surface area contributed by atoms with Crippen molar-refractivity contribution in [2.45, 2.75) is 53.4 Å². The van der Waals surface area contributed by atoms with Crippen LogP contribution in [0.25, 0.3) is 21.9 Å². The lowest BCUT2D eigenvalue weighted by Crippen LogP contribution is -2.24. The van der Waals surface area contributed by atoms with Crippen LogP contribution in [0, 0.1) is 0 Å². The number of furan rings is 1. The van der Waals surface area contributed by atoms with Crippen molar-refractivity contribution in [1.29, 1.82) is 0 Å². The van der Waals surface area contributed by atoms with Gasteiger partial charge >= 0.3 is 0 Å². The third-order valence-corrected chi connectivity index (χ3v) is 6.66. The molecule has 0 saturated heterocycles. The summed E-state index contributed by atoms with van der Waals surface area (Å²) < 4.78 is 6.07. The fourth-order valence-electron chi connectivity index (χ4n) is 4.42. The maximum absolute atomic E-state index is 12.7. The topological polar surface area (TPSA) is 53.8 Å². The van der Waals surface area contributed by atoms with Crippen molar-refractivity contribution in [2.24, 2.45) is 0 Å². The first-order valence-electron chi connectivity index (χ1n) is 12.5. The van der Waals surface area contributed by atoms with Crippen LogP contribution in [0.15, 0.2) is 40.8 Å². The molecule has 0 amide bonds. The molecule has 0 aliphatic rings. The molecule has 0 radical (unpaired) electrons. The SMILES string of the molecule is CCN(CC)CCCC(=O)c1ccc2c(c1)oc1cc(C(=O)CCCN(CC)CC)ccc12. The number of carbonyl (C=O) groups is 2. The summed E-state index contributed by atoms with van der Waals surface area (Å²) in [6.45, 7) is 14.5. The van der Waals surface area contributed by atoms with Gasteiger partial charge in [0, 0.05) is 34.7 Å². The van der Waals surface area contributed by atoms with Crippen LogP contribution < -0.4 is 0 Å². The van der Waals surface area contributed by atoms with Gasteiger partial charge in [-0.1, -0.05) is 39.8 Å². The van der Waals surface area contributed by atoms with E-state index in [9.17, 15) is 9.59 Å². The summed E-state index contributed by atoms with van der Waals surface area (Å²) in [6.07, 6.45) is 2.79. The van der Waals surface area contributed by atoms with Gasteiger partial charge in [-0.15, -0.1) is 0 Å². The average Bonchev–Trinajstić information content (AvgIpc) is 3.21. The molecule has 0 unspecified atom stereocenters. The lowest BCUT2D eigenvalue weighted by Gasteiger charge is -2.17. The first-order valence-corrected chi connectivity index (χ1v) is 12.5. The van der Waals surface area contributed by atoms with Crippen molar-refractivity contribution in [1.82, 2.24) is 9.80 Å². The van der Waals surface area contributed by atoms with E-state index in [1.165, 1.54) is 0 Å². The molecule has 0 aliphatic carbocycles. The number of benzene rings is 2. The summed E-state index contributed by atoms with van der Waals surface area (Å²) in [7, 11) is 0. The highest BCUT2D eigenvalue weighted by atomic mass is 16.3. The monoisotopic (exact) mass is 450 g/mol. The predicted octanol–water partition coefficient (Wildman–Crippen LogP) is 6.20. The normalized spacial score (nSPS) is 11.8. The van der Waals surface area contributed by atoms with Gasteiger partial charge in [-0.05, 0) is 76.4 Å². The maximum Gasteiger partial charge on any atom is 0.163 e. The van der Waals surface area contributed by atoms with E-state index in [2.05, 4.69) is 37.5 Å². The van der Waals surface area contributed by atoms with Crippen molar-refractivity contribution in [3.05, 3.63) is 47.5 Å². The van der Waals surface area contributed by atoms with E-state index in [0.717, 1.165) is 62.9 Å². The van der Waals surface area contributed by atoms with E-state index in [4.69, 9.17) is 4.42 Å². The molecule has 0 aliphatic heterocycles. The van der Waals surface area contributed by atoms with Crippen LogP contribution in [-0.2, 0) is 0 Å². The Morgan fingerprint density at radius 1 is 0.667 bits per heavy atom. The summed E-state index contributed by atoms with van der Waals surface area (Å²) in [5.41, 5.74) is 2.78. The van der Waals surface area contributed by atoms with Crippen molar-refractivity contribution < 1.29 is 14.0 Å². The van der Waals surface area contributed by atoms with E-state index in [-0.39, 0.29) is 11.6 Å². The van der Waals surface area contributed by atoms with Crippen molar-refractivity contribution >= 4 is 33.5 Å². The third-order valence-electron chi connectivity index (χ3n) is 6.66. The lowest BCUT2D eigenvalue weighted by atomic mass is 10.0. The molecule has 0 saturated carbocycles. The molecule has 2 aromatic carbocycles. The molecular weight excluding hydrogens is 412 g/mol. The second-order valence-electron chi connectivity index (χ2n) is 8.63. The van der Waals surface area contributed by atoms with Crippen LogP contribution in [0.1, 0.15) is 74.1 Å². The van der Waals surface area contributed by atoms with Gasteiger partial charge < -0.3 is 14.2 Å². The summed E-state index contributed by atoms with van der Waals surface area (Å²) >= 11 is 0. The number of Topliss-reactive ketones (excluding diaryl/α,β-unsaturated/α-hetero) is 2. The summed E-state index contributed by atoms with van der Waals surface area (Å²) in [4.78, 5) is 30.0. The zero-order chi connectivity index (χ0) is 23.8. The molecule has 0 spiro atoms. The molecule has 178 valence electrons. The van der Waals surface area contributed by atoms with E-state index >= 15 is 0 Å². The Hall–Kier alpha value is -2.50. The fourth-order valence-corrected chi connectivity index (χ4v) is 4.42. The zero-order valence-electron chi connectivity index (χ0n) is 20.7. The smallest absolute Gasteiger partial charge is 0.163 e. The number of ketones is 2. The average molecular weight is 451 g/mol. The molecule has 3 rings (SSSR count). The second-order valence-corrected chi connectivity index (χ2v) is 8.63. The quantitative estimate of drug-likeness (QED) is 0.274. The molecule has 5 nitrogen and oxygen atoms in total. The second kappa shape index (κ2) is 12.1. The highest BCUT2D eigenvalue weighted by molar-refractivity contribution is 6.09. The lowest BCUT2D eigenvalue weighted by molar-refractivity contribution is 0.0967. The van der Waals surface area contributed by atoms with Gasteiger partial charge in [0.05, 0.1) is 0 Å². The molecule has 3 aromatic rings. The highest BCUT2D eigenvalue weighted by Crippen LogP contribution is 2.30. The Balaban J connectivity index is 1.69. The van der Waals surface area contributed by atoms with E-state index in [0.29, 0.717) is 35.1 Å². The standard InChI is InChI=1S/C28H38N2O3/c1-5-29(6-2)17-9-11-25(31)21-13-15-23-24-16-14-22(20-28(24)33-27(23)19-21)26(32)12-10-18-30(7-3)8-4/h13-16,19-20H,5-12,17-18H2,1-4H3. The minimum atomic E-state index is 0.147. The van der Waals surface area contributed by atoms with Gasteiger partial charge in [0.15, 0.2) is 11.6 Å². The van der Waals surface area contributed by atoms with E-state index in [1.54, 1.807) is 0 Å². The number of carbonyl (C=O) groups excluding carboxylic acids is 2.